The van der Waals surface area contributed by atoms with Gasteiger partial charge in [0.1, 0.15) is 11.6 Å². The van der Waals surface area contributed by atoms with E-state index in [1.807, 2.05) is 0 Å². The Morgan fingerprint density at radius 2 is 1.96 bits per heavy atom. The van der Waals surface area contributed by atoms with Gasteiger partial charge in [-0.05, 0) is 31.2 Å². The zero-order valence-electron chi connectivity index (χ0n) is 12.8. The summed E-state index contributed by atoms with van der Waals surface area (Å²) in [7, 11) is 0. The highest BCUT2D eigenvalue weighted by atomic mass is 35.5. The Morgan fingerprint density at radius 3 is 2.67 bits per heavy atom. The highest BCUT2D eigenvalue weighted by Gasteiger charge is 2.14. The van der Waals surface area contributed by atoms with Crippen molar-refractivity contribution in [3.8, 4) is 5.75 Å². The Kier molecular flexibility index (Phi) is 6.14. The molecule has 0 heterocycles. The van der Waals surface area contributed by atoms with Gasteiger partial charge in [-0.25, -0.2) is 9.18 Å². The minimum Gasteiger partial charge on any atom is -0.484 e. The standard InChI is InChI=1S/C17H15ClFNO4/c1-2-23-17(22)12-5-3-4-6-15(12)20-16(21)10-24-11-7-8-14(19)13(18)9-11/h3-9H,2,10H2,1H3,(H,20,21). The number of para-hydroxylation sites is 1. The van der Waals surface area contributed by atoms with Crippen LogP contribution < -0.4 is 10.1 Å². The second-order valence-corrected chi connectivity index (χ2v) is 5.09. The molecule has 5 nitrogen and oxygen atoms in total. The second kappa shape index (κ2) is 8.31. The lowest BCUT2D eigenvalue weighted by atomic mass is 10.2. The number of anilines is 1. The number of halogens is 2. The third kappa shape index (κ3) is 4.70. The van der Waals surface area contributed by atoms with E-state index in [1.54, 1.807) is 31.2 Å². The summed E-state index contributed by atoms with van der Waals surface area (Å²) in [5.74, 6) is -1.32. The Morgan fingerprint density at radius 1 is 1.21 bits per heavy atom. The fraction of sp³-hybridized carbons (Fsp3) is 0.176. The highest BCUT2D eigenvalue weighted by molar-refractivity contribution is 6.30. The maximum Gasteiger partial charge on any atom is 0.340 e. The Hall–Kier alpha value is -2.60. The summed E-state index contributed by atoms with van der Waals surface area (Å²) in [5, 5.41) is 2.48. The minimum atomic E-state index is -0.572. The van der Waals surface area contributed by atoms with E-state index < -0.39 is 17.7 Å². The molecular formula is C17H15ClFNO4. The van der Waals surface area contributed by atoms with E-state index in [2.05, 4.69) is 5.32 Å². The normalized spacial score (nSPS) is 10.1. The van der Waals surface area contributed by atoms with Gasteiger partial charge in [0, 0.05) is 6.07 Å². The van der Waals surface area contributed by atoms with Crippen LogP contribution in [0.15, 0.2) is 42.5 Å². The van der Waals surface area contributed by atoms with Gasteiger partial charge < -0.3 is 14.8 Å². The van der Waals surface area contributed by atoms with Crippen LogP contribution in [-0.4, -0.2) is 25.1 Å². The van der Waals surface area contributed by atoms with Crippen molar-refractivity contribution in [3.05, 3.63) is 58.9 Å². The lowest BCUT2D eigenvalue weighted by Gasteiger charge is -2.11. The van der Waals surface area contributed by atoms with Crippen LogP contribution in [-0.2, 0) is 9.53 Å². The topological polar surface area (TPSA) is 64.6 Å². The molecule has 7 heteroatoms. The SMILES string of the molecule is CCOC(=O)c1ccccc1NC(=O)COc1ccc(F)c(Cl)c1. The van der Waals surface area contributed by atoms with Gasteiger partial charge in [-0.2, -0.15) is 0 Å². The third-order valence-electron chi connectivity index (χ3n) is 2.96. The van der Waals surface area contributed by atoms with Gasteiger partial charge in [-0.15, -0.1) is 0 Å². The first-order valence-electron chi connectivity index (χ1n) is 7.15. The van der Waals surface area contributed by atoms with Crippen LogP contribution in [0.4, 0.5) is 10.1 Å². The van der Waals surface area contributed by atoms with Crippen molar-refractivity contribution in [2.24, 2.45) is 0 Å². The van der Waals surface area contributed by atoms with Gasteiger partial charge >= 0.3 is 5.97 Å². The molecule has 0 aliphatic rings. The number of hydrogen-bond donors (Lipinski definition) is 1. The number of hydrogen-bond acceptors (Lipinski definition) is 4. The van der Waals surface area contributed by atoms with E-state index in [4.69, 9.17) is 21.1 Å². The molecule has 126 valence electrons. The average molecular weight is 352 g/mol. The molecule has 0 aliphatic heterocycles. The van der Waals surface area contributed by atoms with Crippen molar-refractivity contribution in [1.82, 2.24) is 0 Å². The van der Waals surface area contributed by atoms with Crippen LogP contribution in [0.3, 0.4) is 0 Å². The Labute approximate surface area is 143 Å². The summed E-state index contributed by atoms with van der Waals surface area (Å²) in [6, 6.07) is 10.3. The summed E-state index contributed by atoms with van der Waals surface area (Å²) in [5.41, 5.74) is 0.569. The van der Waals surface area contributed by atoms with Crippen LogP contribution in [0, 0.1) is 5.82 Å². The van der Waals surface area contributed by atoms with Crippen molar-refractivity contribution < 1.29 is 23.5 Å². The fourth-order valence-electron chi connectivity index (χ4n) is 1.88. The summed E-state index contributed by atoms with van der Waals surface area (Å²) < 4.78 is 23.2. The van der Waals surface area contributed by atoms with Crippen molar-refractivity contribution in [2.45, 2.75) is 6.92 Å². The van der Waals surface area contributed by atoms with Gasteiger partial charge in [-0.3, -0.25) is 4.79 Å². The number of carbonyl (C=O) groups excluding carboxylic acids is 2. The number of amides is 1. The van der Waals surface area contributed by atoms with Crippen LogP contribution in [0.25, 0.3) is 0 Å². The number of benzene rings is 2. The van der Waals surface area contributed by atoms with E-state index in [-0.39, 0.29) is 29.5 Å². The zero-order valence-corrected chi connectivity index (χ0v) is 13.6. The molecule has 2 rings (SSSR count). The zero-order chi connectivity index (χ0) is 17.5. The first-order chi connectivity index (χ1) is 11.5. The van der Waals surface area contributed by atoms with Crippen LogP contribution >= 0.6 is 11.6 Å². The molecule has 0 aromatic heterocycles. The predicted molar refractivity (Wildman–Crippen MR) is 87.9 cm³/mol. The van der Waals surface area contributed by atoms with E-state index >= 15 is 0 Å². The fourth-order valence-corrected chi connectivity index (χ4v) is 2.05. The molecule has 0 unspecified atom stereocenters. The van der Waals surface area contributed by atoms with Gasteiger partial charge in [0.2, 0.25) is 0 Å². The largest absolute Gasteiger partial charge is 0.484 e. The highest BCUT2D eigenvalue weighted by Crippen LogP contribution is 2.21. The van der Waals surface area contributed by atoms with Gasteiger partial charge in [-0.1, -0.05) is 23.7 Å². The lowest BCUT2D eigenvalue weighted by Crippen LogP contribution is -2.22. The molecular weight excluding hydrogens is 337 g/mol. The molecule has 0 saturated carbocycles. The number of rotatable bonds is 6. The van der Waals surface area contributed by atoms with Crippen LogP contribution in [0.5, 0.6) is 5.75 Å². The van der Waals surface area contributed by atoms with Gasteiger partial charge in [0.15, 0.2) is 6.61 Å². The first kappa shape index (κ1) is 17.7. The number of nitrogens with one attached hydrogen (secondary N) is 1. The van der Waals surface area contributed by atoms with E-state index in [1.165, 1.54) is 12.1 Å². The van der Waals surface area contributed by atoms with Crippen LogP contribution in [0.2, 0.25) is 5.02 Å². The molecule has 0 fully saturated rings. The van der Waals surface area contributed by atoms with Crippen molar-refractivity contribution in [3.63, 3.8) is 0 Å². The summed E-state index contributed by atoms with van der Waals surface area (Å²) >= 11 is 5.64. The molecule has 24 heavy (non-hydrogen) atoms. The van der Waals surface area contributed by atoms with Crippen molar-refractivity contribution in [1.29, 1.82) is 0 Å². The third-order valence-corrected chi connectivity index (χ3v) is 3.25. The maximum atomic E-state index is 13.1. The number of esters is 1. The van der Waals surface area contributed by atoms with E-state index in [0.717, 1.165) is 6.07 Å². The molecule has 1 N–H and O–H groups in total. The van der Waals surface area contributed by atoms with Crippen LogP contribution in [0.1, 0.15) is 17.3 Å². The molecule has 0 atom stereocenters. The van der Waals surface area contributed by atoms with E-state index in [9.17, 15) is 14.0 Å². The molecule has 0 aliphatic carbocycles. The lowest BCUT2D eigenvalue weighted by molar-refractivity contribution is -0.118. The first-order valence-corrected chi connectivity index (χ1v) is 7.53. The van der Waals surface area contributed by atoms with Gasteiger partial charge in [0.25, 0.3) is 5.91 Å². The molecule has 2 aromatic carbocycles. The Bertz CT molecular complexity index is 751. The summed E-state index contributed by atoms with van der Waals surface area (Å²) in [4.78, 5) is 23.8. The number of carbonyl (C=O) groups is 2. The predicted octanol–water partition coefficient (Wildman–Crippen LogP) is 3.67. The smallest absolute Gasteiger partial charge is 0.340 e. The molecule has 0 radical (unpaired) electrons. The molecule has 2 aromatic rings. The van der Waals surface area contributed by atoms with Crippen molar-refractivity contribution in [2.75, 3.05) is 18.5 Å². The monoisotopic (exact) mass is 351 g/mol. The van der Waals surface area contributed by atoms with Gasteiger partial charge in [0.05, 0.1) is 22.9 Å². The summed E-state index contributed by atoms with van der Waals surface area (Å²) in [6.45, 7) is 1.61. The molecule has 0 spiro atoms. The molecule has 1 amide bonds. The number of ether oxygens (including phenoxy) is 2. The second-order valence-electron chi connectivity index (χ2n) is 4.68. The molecule has 0 bridgehead atoms. The Balaban J connectivity index is 1.99. The quantitative estimate of drug-likeness (QED) is 0.806. The average Bonchev–Trinajstić information content (AvgIpc) is 2.56. The summed E-state index contributed by atoms with van der Waals surface area (Å²) in [6.07, 6.45) is 0. The minimum absolute atomic E-state index is 0.0967. The van der Waals surface area contributed by atoms with E-state index in [0.29, 0.717) is 5.69 Å². The maximum absolute atomic E-state index is 13.1. The molecule has 0 saturated heterocycles. The van der Waals surface area contributed by atoms with Crippen molar-refractivity contribution >= 4 is 29.2 Å².